The lowest BCUT2D eigenvalue weighted by Gasteiger charge is -2.03. The maximum absolute atomic E-state index is 11.6. The van der Waals surface area contributed by atoms with Crippen LogP contribution < -0.4 is 10.9 Å². The molecule has 2 N–H and O–H groups in total. The van der Waals surface area contributed by atoms with E-state index < -0.39 is 11.8 Å². The second kappa shape index (κ2) is 6.38. The molecule has 0 aliphatic carbocycles. The van der Waals surface area contributed by atoms with Crippen LogP contribution in [-0.2, 0) is 4.79 Å². The van der Waals surface area contributed by atoms with Crippen molar-refractivity contribution >= 4 is 17.9 Å². The quantitative estimate of drug-likeness (QED) is 0.662. The molecule has 1 heterocycles. The molecule has 0 unspecified atom stereocenters. The molecular weight excluding hydrogens is 256 g/mol. The Hall–Kier alpha value is -2.82. The van der Waals surface area contributed by atoms with Crippen molar-refractivity contribution in [2.45, 2.75) is 6.92 Å². The molecule has 0 fully saturated rings. The first-order valence-electron chi connectivity index (χ1n) is 6.04. The van der Waals surface area contributed by atoms with Gasteiger partial charge in [0, 0.05) is 6.08 Å². The van der Waals surface area contributed by atoms with E-state index in [4.69, 9.17) is 4.42 Å². The van der Waals surface area contributed by atoms with E-state index in [1.807, 2.05) is 31.2 Å². The molecule has 0 bridgehead atoms. The second-order valence-corrected chi connectivity index (χ2v) is 4.11. The average molecular weight is 270 g/mol. The Labute approximate surface area is 116 Å². The summed E-state index contributed by atoms with van der Waals surface area (Å²) in [6, 6.07) is 10.8. The van der Waals surface area contributed by atoms with Crippen LogP contribution in [0.15, 0.2) is 53.2 Å². The van der Waals surface area contributed by atoms with Crippen molar-refractivity contribution in [2.75, 3.05) is 0 Å². The number of hydrogen-bond acceptors (Lipinski definition) is 3. The Kier molecular flexibility index (Phi) is 4.34. The topological polar surface area (TPSA) is 71.3 Å². The van der Waals surface area contributed by atoms with E-state index in [0.717, 1.165) is 11.1 Å². The molecule has 0 radical (unpaired) electrons. The van der Waals surface area contributed by atoms with Gasteiger partial charge in [0.05, 0.1) is 6.26 Å². The molecule has 0 atom stereocenters. The van der Waals surface area contributed by atoms with Gasteiger partial charge in [0.25, 0.3) is 5.91 Å². The summed E-state index contributed by atoms with van der Waals surface area (Å²) in [4.78, 5) is 23.1. The van der Waals surface area contributed by atoms with E-state index in [1.165, 1.54) is 18.4 Å². The van der Waals surface area contributed by atoms with Gasteiger partial charge in [-0.05, 0) is 36.3 Å². The van der Waals surface area contributed by atoms with Crippen molar-refractivity contribution in [3.8, 4) is 0 Å². The molecule has 0 saturated heterocycles. The maximum atomic E-state index is 11.6. The molecule has 5 heteroatoms. The minimum absolute atomic E-state index is 0.133. The molecule has 2 aromatic rings. The number of nitrogens with one attached hydrogen (secondary N) is 2. The van der Waals surface area contributed by atoms with Crippen molar-refractivity contribution in [1.82, 2.24) is 10.9 Å². The molecule has 20 heavy (non-hydrogen) atoms. The van der Waals surface area contributed by atoms with Gasteiger partial charge in [-0.15, -0.1) is 0 Å². The third-order valence-corrected chi connectivity index (χ3v) is 2.65. The van der Waals surface area contributed by atoms with Crippen molar-refractivity contribution in [2.24, 2.45) is 0 Å². The summed E-state index contributed by atoms with van der Waals surface area (Å²) < 4.78 is 4.89. The number of amides is 2. The van der Waals surface area contributed by atoms with Gasteiger partial charge >= 0.3 is 5.91 Å². The van der Waals surface area contributed by atoms with E-state index in [-0.39, 0.29) is 5.76 Å². The number of furan rings is 1. The van der Waals surface area contributed by atoms with Crippen molar-refractivity contribution < 1.29 is 14.0 Å². The SMILES string of the molecule is Cc1ccccc1/C=C/C(=O)NNC(=O)c1ccco1. The van der Waals surface area contributed by atoms with E-state index in [0.29, 0.717) is 0 Å². The summed E-state index contributed by atoms with van der Waals surface area (Å²) in [5.41, 5.74) is 6.54. The van der Waals surface area contributed by atoms with Gasteiger partial charge in [-0.25, -0.2) is 0 Å². The average Bonchev–Trinajstić information content (AvgIpc) is 2.98. The van der Waals surface area contributed by atoms with Crippen LogP contribution in [0.4, 0.5) is 0 Å². The zero-order chi connectivity index (χ0) is 14.4. The molecule has 5 nitrogen and oxygen atoms in total. The fourth-order valence-electron chi connectivity index (χ4n) is 1.57. The van der Waals surface area contributed by atoms with Crippen LogP contribution in [0.3, 0.4) is 0 Å². The fourth-order valence-corrected chi connectivity index (χ4v) is 1.57. The first kappa shape index (κ1) is 13.6. The highest BCUT2D eigenvalue weighted by atomic mass is 16.3. The number of rotatable bonds is 3. The molecule has 0 saturated carbocycles. The summed E-state index contributed by atoms with van der Waals surface area (Å²) in [6.07, 6.45) is 4.42. The van der Waals surface area contributed by atoms with Crippen molar-refractivity contribution in [3.63, 3.8) is 0 Å². The number of aryl methyl sites for hydroxylation is 1. The number of carbonyl (C=O) groups excluding carboxylic acids is 2. The van der Waals surface area contributed by atoms with Crippen LogP contribution >= 0.6 is 0 Å². The third kappa shape index (κ3) is 3.58. The van der Waals surface area contributed by atoms with Gasteiger partial charge in [-0.3, -0.25) is 20.4 Å². The van der Waals surface area contributed by atoms with Gasteiger partial charge in [0.2, 0.25) is 0 Å². The van der Waals surface area contributed by atoms with Crippen LogP contribution in [0.1, 0.15) is 21.7 Å². The standard InChI is InChI=1S/C15H14N2O3/c1-11-5-2-3-6-12(11)8-9-14(18)16-17-15(19)13-7-4-10-20-13/h2-10H,1H3,(H,16,18)(H,17,19)/b9-8+. The number of benzene rings is 1. The van der Waals surface area contributed by atoms with Crippen LogP contribution in [0, 0.1) is 6.92 Å². The predicted molar refractivity (Wildman–Crippen MR) is 74.5 cm³/mol. The number of carbonyl (C=O) groups is 2. The van der Waals surface area contributed by atoms with E-state index >= 15 is 0 Å². The Morgan fingerprint density at radius 3 is 2.60 bits per heavy atom. The third-order valence-electron chi connectivity index (χ3n) is 2.65. The smallest absolute Gasteiger partial charge is 0.305 e. The van der Waals surface area contributed by atoms with Gasteiger partial charge in [-0.2, -0.15) is 0 Å². The van der Waals surface area contributed by atoms with Crippen LogP contribution in [0.2, 0.25) is 0 Å². The number of hydrogen-bond donors (Lipinski definition) is 2. The van der Waals surface area contributed by atoms with Gasteiger partial charge in [0.1, 0.15) is 0 Å². The Morgan fingerprint density at radius 2 is 1.90 bits per heavy atom. The molecule has 0 spiro atoms. The Balaban J connectivity index is 1.87. The Morgan fingerprint density at radius 1 is 1.10 bits per heavy atom. The minimum Gasteiger partial charge on any atom is -0.459 e. The lowest BCUT2D eigenvalue weighted by molar-refractivity contribution is -0.117. The minimum atomic E-state index is -0.507. The highest BCUT2D eigenvalue weighted by molar-refractivity contribution is 5.96. The molecule has 0 aliphatic heterocycles. The highest BCUT2D eigenvalue weighted by Crippen LogP contribution is 2.08. The number of hydrazine groups is 1. The summed E-state index contributed by atoms with van der Waals surface area (Å²) in [5, 5.41) is 0. The molecule has 102 valence electrons. The molecular formula is C15H14N2O3. The van der Waals surface area contributed by atoms with E-state index in [2.05, 4.69) is 10.9 Å². The zero-order valence-electron chi connectivity index (χ0n) is 10.9. The monoisotopic (exact) mass is 270 g/mol. The highest BCUT2D eigenvalue weighted by Gasteiger charge is 2.07. The molecule has 0 aliphatic rings. The first-order valence-corrected chi connectivity index (χ1v) is 6.04. The van der Waals surface area contributed by atoms with Crippen LogP contribution in [0.5, 0.6) is 0 Å². The summed E-state index contributed by atoms with van der Waals surface area (Å²) in [7, 11) is 0. The first-order chi connectivity index (χ1) is 9.66. The zero-order valence-corrected chi connectivity index (χ0v) is 10.9. The maximum Gasteiger partial charge on any atom is 0.305 e. The fraction of sp³-hybridized carbons (Fsp3) is 0.0667. The molecule has 1 aromatic carbocycles. The van der Waals surface area contributed by atoms with Crippen molar-refractivity contribution in [3.05, 3.63) is 65.6 Å². The van der Waals surface area contributed by atoms with Crippen LogP contribution in [-0.4, -0.2) is 11.8 Å². The normalized spacial score (nSPS) is 10.4. The van der Waals surface area contributed by atoms with Gasteiger partial charge < -0.3 is 4.42 Å². The molecule has 1 aromatic heterocycles. The predicted octanol–water partition coefficient (Wildman–Crippen LogP) is 2.06. The lowest BCUT2D eigenvalue weighted by Crippen LogP contribution is -2.40. The summed E-state index contributed by atoms with van der Waals surface area (Å²) in [6.45, 7) is 1.95. The molecule has 2 amide bonds. The van der Waals surface area contributed by atoms with Crippen LogP contribution in [0.25, 0.3) is 6.08 Å². The molecule has 2 rings (SSSR count). The second-order valence-electron chi connectivity index (χ2n) is 4.11. The van der Waals surface area contributed by atoms with Crippen molar-refractivity contribution in [1.29, 1.82) is 0 Å². The van der Waals surface area contributed by atoms with E-state index in [1.54, 1.807) is 12.1 Å². The van der Waals surface area contributed by atoms with Gasteiger partial charge in [0.15, 0.2) is 5.76 Å². The lowest BCUT2D eigenvalue weighted by atomic mass is 10.1. The van der Waals surface area contributed by atoms with E-state index in [9.17, 15) is 9.59 Å². The Bertz CT molecular complexity index is 630. The summed E-state index contributed by atoms with van der Waals surface area (Å²) >= 11 is 0. The van der Waals surface area contributed by atoms with Gasteiger partial charge in [-0.1, -0.05) is 24.3 Å². The largest absolute Gasteiger partial charge is 0.459 e. The summed E-state index contributed by atoms with van der Waals surface area (Å²) in [5.74, 6) is -0.797.